The van der Waals surface area contributed by atoms with Crippen LogP contribution >= 0.6 is 23.2 Å². The van der Waals surface area contributed by atoms with Crippen molar-refractivity contribution >= 4 is 52.3 Å². The van der Waals surface area contributed by atoms with Crippen molar-refractivity contribution in [1.82, 2.24) is 29.9 Å². The second-order valence-electron chi connectivity index (χ2n) is 6.97. The maximum atomic E-state index is 12.1. The minimum absolute atomic E-state index is 0.00193. The van der Waals surface area contributed by atoms with Crippen molar-refractivity contribution in [3.8, 4) is 17.3 Å². The van der Waals surface area contributed by atoms with Gasteiger partial charge in [0.05, 0.1) is 16.3 Å². The molecular weight excluding hydrogens is 479 g/mol. The summed E-state index contributed by atoms with van der Waals surface area (Å²) in [6.45, 7) is 0.862. The number of hydrogen-bond acceptors (Lipinski definition) is 9. The zero-order chi connectivity index (χ0) is 24.2. The number of aromatic nitrogens is 5. The molecule has 1 aromatic carbocycles. The molecule has 0 unspecified atom stereocenters. The van der Waals surface area contributed by atoms with E-state index < -0.39 is 5.91 Å². The number of nitrogens with one attached hydrogen (secondary N) is 3. The van der Waals surface area contributed by atoms with Gasteiger partial charge in [0.25, 0.3) is 5.91 Å². The van der Waals surface area contributed by atoms with Crippen LogP contribution in [0.4, 0.5) is 17.6 Å². The number of hydrogen-bond donors (Lipinski definition) is 4. The number of anilines is 3. The molecule has 0 aliphatic carbocycles. The number of carbonyl (C=O) groups is 1. The molecule has 4 rings (SSSR count). The lowest BCUT2D eigenvalue weighted by Crippen LogP contribution is -2.20. The number of amides is 1. The van der Waals surface area contributed by atoms with Crippen molar-refractivity contribution < 1.29 is 4.79 Å². The normalized spacial score (nSPS) is 10.6. The average molecular weight is 497 g/mol. The molecule has 5 N–H and O–H groups in total. The Morgan fingerprint density at radius 1 is 1.12 bits per heavy atom. The summed E-state index contributed by atoms with van der Waals surface area (Å²) >= 11 is 12.4. The SMILES string of the molecule is CNC(=O)c1nc2cc(-c3ccc(Cl)cc3Cl)nc(NCCNc3ccc(C#N)c(N)n3)n2n1. The molecule has 3 heterocycles. The number of benzene rings is 1. The molecule has 172 valence electrons. The van der Waals surface area contributed by atoms with Crippen LogP contribution in [0.5, 0.6) is 0 Å². The van der Waals surface area contributed by atoms with Gasteiger partial charge >= 0.3 is 0 Å². The molecule has 13 heteroatoms. The number of fused-ring (bicyclic) bond motifs is 1. The summed E-state index contributed by atoms with van der Waals surface area (Å²) in [4.78, 5) is 25.1. The van der Waals surface area contributed by atoms with Crippen molar-refractivity contribution in [2.45, 2.75) is 0 Å². The van der Waals surface area contributed by atoms with Crippen LogP contribution in [-0.4, -0.2) is 50.6 Å². The molecule has 11 nitrogen and oxygen atoms in total. The summed E-state index contributed by atoms with van der Waals surface area (Å²) in [5, 5.41) is 22.9. The predicted molar refractivity (Wildman–Crippen MR) is 130 cm³/mol. The summed E-state index contributed by atoms with van der Waals surface area (Å²) in [5.74, 6) is 0.616. The van der Waals surface area contributed by atoms with Gasteiger partial charge in [-0.3, -0.25) is 4.79 Å². The van der Waals surface area contributed by atoms with Crippen LogP contribution in [0.1, 0.15) is 16.2 Å². The van der Waals surface area contributed by atoms with E-state index in [1.807, 2.05) is 6.07 Å². The molecular formula is C21H18Cl2N10O. The Morgan fingerprint density at radius 3 is 2.62 bits per heavy atom. The van der Waals surface area contributed by atoms with Gasteiger partial charge in [0.15, 0.2) is 5.65 Å². The van der Waals surface area contributed by atoms with Gasteiger partial charge in [-0.2, -0.15) is 9.78 Å². The lowest BCUT2D eigenvalue weighted by atomic mass is 10.1. The van der Waals surface area contributed by atoms with E-state index >= 15 is 0 Å². The molecule has 1 amide bonds. The van der Waals surface area contributed by atoms with Gasteiger partial charge in [-0.15, -0.1) is 5.10 Å². The lowest BCUT2D eigenvalue weighted by molar-refractivity contribution is 0.0953. The van der Waals surface area contributed by atoms with E-state index in [0.717, 1.165) is 0 Å². The molecule has 0 saturated carbocycles. The van der Waals surface area contributed by atoms with Crippen molar-refractivity contribution in [2.75, 3.05) is 36.5 Å². The molecule has 0 spiro atoms. The van der Waals surface area contributed by atoms with E-state index in [0.29, 0.717) is 57.4 Å². The Hall–Kier alpha value is -4.14. The van der Waals surface area contributed by atoms with E-state index in [1.54, 1.807) is 36.4 Å². The lowest BCUT2D eigenvalue weighted by Gasteiger charge is -2.11. The third kappa shape index (κ3) is 4.78. The topological polar surface area (TPSA) is 159 Å². The van der Waals surface area contributed by atoms with E-state index in [2.05, 4.69) is 36.0 Å². The number of halogens is 2. The molecule has 0 atom stereocenters. The Balaban J connectivity index is 1.60. The summed E-state index contributed by atoms with van der Waals surface area (Å²) < 4.78 is 1.44. The second kappa shape index (κ2) is 9.78. The van der Waals surface area contributed by atoms with Gasteiger partial charge in [-0.1, -0.05) is 23.2 Å². The van der Waals surface area contributed by atoms with Crippen LogP contribution in [0.3, 0.4) is 0 Å². The smallest absolute Gasteiger partial charge is 0.290 e. The highest BCUT2D eigenvalue weighted by Gasteiger charge is 2.17. The second-order valence-corrected chi connectivity index (χ2v) is 7.81. The van der Waals surface area contributed by atoms with Gasteiger partial charge < -0.3 is 21.7 Å². The van der Waals surface area contributed by atoms with Gasteiger partial charge in [0, 0.05) is 36.8 Å². The average Bonchev–Trinajstić information content (AvgIpc) is 3.26. The maximum Gasteiger partial charge on any atom is 0.290 e. The van der Waals surface area contributed by atoms with Crippen LogP contribution in [0, 0.1) is 11.3 Å². The number of nitrogens with two attached hydrogens (primary N) is 1. The Labute approximate surface area is 203 Å². The first-order chi connectivity index (χ1) is 16.4. The van der Waals surface area contributed by atoms with Crippen molar-refractivity contribution in [3.05, 3.63) is 57.8 Å². The zero-order valence-electron chi connectivity index (χ0n) is 17.8. The summed E-state index contributed by atoms with van der Waals surface area (Å²) in [7, 11) is 1.50. The fraction of sp³-hybridized carbons (Fsp3) is 0.143. The summed E-state index contributed by atoms with van der Waals surface area (Å²) in [6.07, 6.45) is 0. The molecule has 4 aromatic rings. The van der Waals surface area contributed by atoms with Crippen LogP contribution in [0.2, 0.25) is 10.0 Å². The minimum Gasteiger partial charge on any atom is -0.383 e. The minimum atomic E-state index is -0.424. The molecule has 0 radical (unpaired) electrons. The third-order valence-electron chi connectivity index (χ3n) is 4.72. The van der Waals surface area contributed by atoms with Gasteiger partial charge in [0.1, 0.15) is 17.7 Å². The van der Waals surface area contributed by atoms with Crippen LogP contribution < -0.4 is 21.7 Å². The van der Waals surface area contributed by atoms with Crippen molar-refractivity contribution in [1.29, 1.82) is 5.26 Å². The van der Waals surface area contributed by atoms with E-state index in [1.165, 1.54) is 11.6 Å². The molecule has 0 aliphatic heterocycles. The highest BCUT2D eigenvalue weighted by Crippen LogP contribution is 2.30. The van der Waals surface area contributed by atoms with Crippen LogP contribution in [-0.2, 0) is 0 Å². The fourth-order valence-corrected chi connectivity index (χ4v) is 3.59. The standard InChI is InChI=1S/C21H18Cl2N10O/c1-26-20(34)19-31-17-9-15(13-4-3-12(22)8-14(13)23)29-21(33(17)32-19)28-7-6-27-16-5-2-11(10-24)18(25)30-16/h2-5,8-9H,6-7H2,1H3,(H,26,34)(H,28,29)(H3,25,27,30). The highest BCUT2D eigenvalue weighted by molar-refractivity contribution is 6.36. The first kappa shape index (κ1) is 23.0. The third-order valence-corrected chi connectivity index (χ3v) is 5.27. The molecule has 0 bridgehead atoms. The highest BCUT2D eigenvalue weighted by atomic mass is 35.5. The maximum absolute atomic E-state index is 12.1. The molecule has 3 aromatic heterocycles. The number of rotatable bonds is 7. The van der Waals surface area contributed by atoms with E-state index in [-0.39, 0.29) is 11.6 Å². The summed E-state index contributed by atoms with van der Waals surface area (Å²) in [5.41, 5.74) is 7.65. The van der Waals surface area contributed by atoms with Crippen molar-refractivity contribution in [3.63, 3.8) is 0 Å². The quantitative estimate of drug-likeness (QED) is 0.282. The number of carbonyl (C=O) groups excluding carboxylic acids is 1. The number of pyridine rings is 1. The zero-order valence-corrected chi connectivity index (χ0v) is 19.3. The number of nitrogen functional groups attached to an aromatic ring is 1. The van der Waals surface area contributed by atoms with Crippen LogP contribution in [0.25, 0.3) is 16.9 Å². The molecule has 0 saturated heterocycles. The first-order valence-electron chi connectivity index (χ1n) is 9.99. The molecule has 34 heavy (non-hydrogen) atoms. The van der Waals surface area contributed by atoms with E-state index in [4.69, 9.17) is 34.2 Å². The Morgan fingerprint density at radius 2 is 1.91 bits per heavy atom. The van der Waals surface area contributed by atoms with Gasteiger partial charge in [0.2, 0.25) is 11.8 Å². The fourth-order valence-electron chi connectivity index (χ4n) is 3.08. The molecule has 0 fully saturated rings. The Kier molecular flexibility index (Phi) is 6.62. The van der Waals surface area contributed by atoms with Crippen molar-refractivity contribution in [2.24, 2.45) is 0 Å². The number of nitrogens with zero attached hydrogens (tertiary/aromatic N) is 6. The molecule has 0 aliphatic rings. The van der Waals surface area contributed by atoms with Crippen LogP contribution in [0.15, 0.2) is 36.4 Å². The monoisotopic (exact) mass is 496 g/mol. The predicted octanol–water partition coefficient (Wildman–Crippen LogP) is 2.83. The Bertz CT molecular complexity index is 1430. The number of nitriles is 1. The van der Waals surface area contributed by atoms with Gasteiger partial charge in [-0.25, -0.2) is 15.0 Å². The first-order valence-corrected chi connectivity index (χ1v) is 10.7. The van der Waals surface area contributed by atoms with Gasteiger partial charge in [-0.05, 0) is 30.3 Å². The van der Waals surface area contributed by atoms with E-state index in [9.17, 15) is 4.79 Å². The summed E-state index contributed by atoms with van der Waals surface area (Å²) in [6, 6.07) is 12.0. The largest absolute Gasteiger partial charge is 0.383 e.